The van der Waals surface area contributed by atoms with Gasteiger partial charge in [0.05, 0.1) is 11.6 Å². The first kappa shape index (κ1) is 15.8. The van der Waals surface area contributed by atoms with Crippen LogP contribution in [0.25, 0.3) is 0 Å². The van der Waals surface area contributed by atoms with Gasteiger partial charge in [0.15, 0.2) is 0 Å². The average molecular weight is 385 g/mol. The summed E-state index contributed by atoms with van der Waals surface area (Å²) in [5.74, 6) is 0. The second kappa shape index (κ2) is 6.05. The molecule has 0 saturated heterocycles. The van der Waals surface area contributed by atoms with Crippen LogP contribution in [0.3, 0.4) is 0 Å². The van der Waals surface area contributed by atoms with Crippen LogP contribution in [-0.4, -0.2) is 7.05 Å². The molecule has 0 aliphatic rings. The highest BCUT2D eigenvalue weighted by Crippen LogP contribution is 2.38. The number of benzene rings is 1. The lowest BCUT2D eigenvalue weighted by molar-refractivity contribution is -0.137. The fraction of sp³-hybridized carbons (Fsp3) is 0.231. The lowest BCUT2D eigenvalue weighted by Gasteiger charge is -2.16. The van der Waals surface area contributed by atoms with E-state index in [1.807, 2.05) is 6.07 Å². The van der Waals surface area contributed by atoms with Gasteiger partial charge in [0.2, 0.25) is 0 Å². The Labute approximate surface area is 131 Å². The molecule has 108 valence electrons. The van der Waals surface area contributed by atoms with Crippen LogP contribution in [-0.2, 0) is 6.18 Å². The first-order valence-electron chi connectivity index (χ1n) is 5.62. The molecule has 1 aromatic carbocycles. The van der Waals surface area contributed by atoms with Gasteiger partial charge in [-0.1, -0.05) is 23.7 Å². The van der Waals surface area contributed by atoms with Gasteiger partial charge in [-0.25, -0.2) is 0 Å². The SMILES string of the molecule is CNC(c1ccc(C(F)(F)F)cc1)c1cc(Br)c(Cl)s1. The van der Waals surface area contributed by atoms with Gasteiger partial charge in [0, 0.05) is 9.35 Å². The molecule has 0 radical (unpaired) electrons. The summed E-state index contributed by atoms with van der Waals surface area (Å²) in [5.41, 5.74) is 0.104. The lowest BCUT2D eigenvalue weighted by Crippen LogP contribution is -2.16. The smallest absolute Gasteiger partial charge is 0.309 e. The van der Waals surface area contributed by atoms with E-state index in [4.69, 9.17) is 11.6 Å². The van der Waals surface area contributed by atoms with E-state index in [0.29, 0.717) is 4.34 Å². The topological polar surface area (TPSA) is 12.0 Å². The zero-order chi connectivity index (χ0) is 14.9. The van der Waals surface area contributed by atoms with E-state index >= 15 is 0 Å². The molecule has 2 aromatic rings. The molecular weight excluding hydrogens is 375 g/mol. The van der Waals surface area contributed by atoms with Crippen molar-refractivity contribution in [1.82, 2.24) is 5.32 Å². The minimum atomic E-state index is -4.32. The Hall–Kier alpha value is -0.560. The van der Waals surface area contributed by atoms with Crippen molar-refractivity contribution in [3.05, 3.63) is 55.1 Å². The summed E-state index contributed by atoms with van der Waals surface area (Å²) in [7, 11) is 1.75. The number of alkyl halides is 3. The Morgan fingerprint density at radius 1 is 1.25 bits per heavy atom. The second-order valence-electron chi connectivity index (χ2n) is 4.11. The molecule has 0 amide bonds. The van der Waals surface area contributed by atoms with Crippen LogP contribution in [0.4, 0.5) is 13.2 Å². The summed E-state index contributed by atoms with van der Waals surface area (Å²) in [6.45, 7) is 0. The Bertz CT molecular complexity index is 575. The van der Waals surface area contributed by atoms with E-state index < -0.39 is 11.7 Å². The van der Waals surface area contributed by atoms with Crippen molar-refractivity contribution in [2.45, 2.75) is 12.2 Å². The predicted octanol–water partition coefficient (Wildman–Crippen LogP) is 5.49. The Morgan fingerprint density at radius 3 is 2.25 bits per heavy atom. The van der Waals surface area contributed by atoms with Crippen molar-refractivity contribution in [2.24, 2.45) is 0 Å². The minimum absolute atomic E-state index is 0.189. The first-order valence-corrected chi connectivity index (χ1v) is 7.61. The van der Waals surface area contributed by atoms with Gasteiger partial charge in [-0.15, -0.1) is 11.3 Å². The highest BCUT2D eigenvalue weighted by Gasteiger charge is 2.30. The minimum Gasteiger partial charge on any atom is -0.309 e. The molecule has 0 aliphatic heterocycles. The van der Waals surface area contributed by atoms with Crippen LogP contribution >= 0.6 is 38.9 Å². The third kappa shape index (κ3) is 3.36. The molecule has 1 N–H and O–H groups in total. The standard InChI is InChI=1S/C13H10BrClF3NS/c1-19-11(10-6-9(14)12(15)20-10)7-2-4-8(5-3-7)13(16,17)18/h2-6,11,19H,1H3. The normalized spacial score (nSPS) is 13.5. The number of thiophene rings is 1. The van der Waals surface area contributed by atoms with Crippen molar-refractivity contribution < 1.29 is 13.2 Å². The van der Waals surface area contributed by atoms with Gasteiger partial charge in [-0.2, -0.15) is 13.2 Å². The van der Waals surface area contributed by atoms with Crippen LogP contribution in [0.5, 0.6) is 0 Å². The summed E-state index contributed by atoms with van der Waals surface area (Å²) in [6, 6.07) is 6.81. The van der Waals surface area contributed by atoms with E-state index in [1.165, 1.54) is 23.5 Å². The molecular formula is C13H10BrClF3NS. The maximum Gasteiger partial charge on any atom is 0.416 e. The van der Waals surface area contributed by atoms with Crippen molar-refractivity contribution in [1.29, 1.82) is 0 Å². The zero-order valence-electron chi connectivity index (χ0n) is 10.3. The molecule has 2 rings (SSSR count). The summed E-state index contributed by atoms with van der Waals surface area (Å²) in [4.78, 5) is 0.934. The third-order valence-corrected chi connectivity index (χ3v) is 5.35. The molecule has 20 heavy (non-hydrogen) atoms. The number of hydrogen-bond donors (Lipinski definition) is 1. The molecule has 0 fully saturated rings. The summed E-state index contributed by atoms with van der Waals surface area (Å²) >= 11 is 10.7. The summed E-state index contributed by atoms with van der Waals surface area (Å²) in [5, 5.41) is 3.08. The van der Waals surface area contributed by atoms with Crippen LogP contribution in [0.1, 0.15) is 22.0 Å². The highest BCUT2D eigenvalue weighted by molar-refractivity contribution is 9.10. The van der Waals surface area contributed by atoms with Gasteiger partial charge in [-0.3, -0.25) is 0 Å². The van der Waals surface area contributed by atoms with Crippen LogP contribution in [0.2, 0.25) is 4.34 Å². The average Bonchev–Trinajstić information content (AvgIpc) is 2.70. The van der Waals surface area contributed by atoms with Crippen molar-refractivity contribution in [3.8, 4) is 0 Å². The largest absolute Gasteiger partial charge is 0.416 e. The second-order valence-corrected chi connectivity index (χ2v) is 6.65. The third-order valence-electron chi connectivity index (χ3n) is 2.81. The van der Waals surface area contributed by atoms with Gasteiger partial charge in [0.1, 0.15) is 4.34 Å². The first-order chi connectivity index (χ1) is 9.32. The monoisotopic (exact) mass is 383 g/mol. The van der Waals surface area contributed by atoms with E-state index in [-0.39, 0.29) is 6.04 Å². The molecule has 1 nitrogen and oxygen atoms in total. The quantitative estimate of drug-likeness (QED) is 0.737. The molecule has 1 unspecified atom stereocenters. The summed E-state index contributed by atoms with van der Waals surface area (Å²) in [6.07, 6.45) is -4.32. The number of halogens is 5. The molecule has 1 aromatic heterocycles. The van der Waals surface area contributed by atoms with Crippen LogP contribution in [0, 0.1) is 0 Å². The number of hydrogen-bond acceptors (Lipinski definition) is 2. The van der Waals surface area contributed by atoms with Gasteiger partial charge < -0.3 is 5.32 Å². The van der Waals surface area contributed by atoms with E-state index in [9.17, 15) is 13.2 Å². The van der Waals surface area contributed by atoms with Crippen molar-refractivity contribution >= 4 is 38.9 Å². The van der Waals surface area contributed by atoms with Gasteiger partial charge in [-0.05, 0) is 46.7 Å². The molecule has 0 aliphatic carbocycles. The maximum atomic E-state index is 12.5. The molecule has 7 heteroatoms. The van der Waals surface area contributed by atoms with E-state index in [2.05, 4.69) is 21.2 Å². The van der Waals surface area contributed by atoms with Crippen LogP contribution in [0.15, 0.2) is 34.8 Å². The molecule has 1 atom stereocenters. The molecule has 0 bridgehead atoms. The van der Waals surface area contributed by atoms with Gasteiger partial charge in [0.25, 0.3) is 0 Å². The fourth-order valence-corrected chi connectivity index (χ4v) is 3.72. The van der Waals surface area contributed by atoms with E-state index in [1.54, 1.807) is 7.05 Å². The molecule has 0 spiro atoms. The fourth-order valence-electron chi connectivity index (χ4n) is 1.84. The number of rotatable bonds is 3. The Balaban J connectivity index is 2.33. The van der Waals surface area contributed by atoms with E-state index in [0.717, 1.165) is 27.0 Å². The number of nitrogens with one attached hydrogen (secondary N) is 1. The maximum absolute atomic E-state index is 12.5. The Kier molecular flexibility index (Phi) is 4.79. The summed E-state index contributed by atoms with van der Waals surface area (Å²) < 4.78 is 39.0. The zero-order valence-corrected chi connectivity index (χ0v) is 13.4. The predicted molar refractivity (Wildman–Crippen MR) is 79.4 cm³/mol. The van der Waals surface area contributed by atoms with Gasteiger partial charge >= 0.3 is 6.18 Å². The highest BCUT2D eigenvalue weighted by atomic mass is 79.9. The molecule has 0 saturated carbocycles. The van der Waals surface area contributed by atoms with Crippen LogP contribution < -0.4 is 5.32 Å². The van der Waals surface area contributed by atoms with Crippen molar-refractivity contribution in [2.75, 3.05) is 7.05 Å². The lowest BCUT2D eigenvalue weighted by atomic mass is 10.0. The molecule has 1 heterocycles. The Morgan fingerprint density at radius 2 is 1.85 bits per heavy atom. The van der Waals surface area contributed by atoms with Crippen molar-refractivity contribution in [3.63, 3.8) is 0 Å².